The molecule has 4 nitrogen and oxygen atoms in total. The highest BCUT2D eigenvalue weighted by molar-refractivity contribution is 5.85. The molecule has 0 unspecified atom stereocenters. The zero-order valence-corrected chi connectivity index (χ0v) is 11.3. The summed E-state index contributed by atoms with van der Waals surface area (Å²) in [5, 5.41) is 4.05. The van der Waals surface area contributed by atoms with E-state index < -0.39 is 0 Å². The Balaban J connectivity index is 0.00000110. The molecule has 0 spiro atoms. The van der Waals surface area contributed by atoms with Crippen LogP contribution in [0.1, 0.15) is 48.2 Å². The van der Waals surface area contributed by atoms with Gasteiger partial charge >= 0.3 is 0 Å². The molecule has 2 aromatic rings. The molecular weight excluding hydrogens is 262 g/mol. The van der Waals surface area contributed by atoms with Gasteiger partial charge < -0.3 is 10.3 Å². The summed E-state index contributed by atoms with van der Waals surface area (Å²) >= 11 is 0. The lowest BCUT2D eigenvalue weighted by molar-refractivity contribution is 0.422. The topological polar surface area (TPSA) is 64.9 Å². The second kappa shape index (κ2) is 4.62. The van der Waals surface area contributed by atoms with E-state index in [0.717, 1.165) is 24.2 Å². The maximum absolute atomic E-state index is 6.04. The first-order valence-electron chi connectivity index (χ1n) is 6.53. The zero-order chi connectivity index (χ0) is 12.1. The average molecular weight is 278 g/mol. The molecule has 0 amide bonds. The van der Waals surface area contributed by atoms with Crippen LogP contribution >= 0.6 is 12.4 Å². The first-order chi connectivity index (χ1) is 8.81. The van der Waals surface area contributed by atoms with E-state index in [1.807, 2.05) is 6.07 Å². The summed E-state index contributed by atoms with van der Waals surface area (Å²) in [6.45, 7) is 0. The monoisotopic (exact) mass is 277 g/mol. The van der Waals surface area contributed by atoms with Crippen molar-refractivity contribution in [2.75, 3.05) is 0 Å². The predicted octanol–water partition coefficient (Wildman–Crippen LogP) is 2.98. The Hall–Kier alpha value is -1.39. The third-order valence-corrected chi connectivity index (χ3v) is 3.90. The number of benzene rings is 1. The van der Waals surface area contributed by atoms with E-state index in [-0.39, 0.29) is 18.4 Å². The Morgan fingerprint density at radius 2 is 2.05 bits per heavy atom. The number of hydrogen-bond acceptors (Lipinski definition) is 4. The summed E-state index contributed by atoms with van der Waals surface area (Å²) in [4.78, 5) is 4.48. The summed E-state index contributed by atoms with van der Waals surface area (Å²) in [6, 6.07) is 6.47. The van der Waals surface area contributed by atoms with Crippen molar-refractivity contribution in [1.82, 2.24) is 10.1 Å². The molecule has 2 aliphatic carbocycles. The van der Waals surface area contributed by atoms with Crippen molar-refractivity contribution < 1.29 is 4.52 Å². The number of halogens is 1. The van der Waals surface area contributed by atoms with Crippen molar-refractivity contribution >= 4 is 12.4 Å². The third kappa shape index (κ3) is 2.15. The summed E-state index contributed by atoms with van der Waals surface area (Å²) in [6.07, 6.45) is 4.47. The molecule has 2 aliphatic rings. The van der Waals surface area contributed by atoms with Crippen LogP contribution in [0.2, 0.25) is 0 Å². The van der Waals surface area contributed by atoms with Crippen molar-refractivity contribution in [1.29, 1.82) is 0 Å². The number of aryl methyl sites for hydroxylation is 1. The molecule has 0 bridgehead atoms. The number of fused-ring (bicyclic) bond motifs is 1. The first-order valence-corrected chi connectivity index (χ1v) is 6.53. The van der Waals surface area contributed by atoms with Gasteiger partial charge in [0.2, 0.25) is 0 Å². The van der Waals surface area contributed by atoms with Crippen molar-refractivity contribution in [2.45, 2.75) is 37.6 Å². The Morgan fingerprint density at radius 1 is 1.21 bits per heavy atom. The van der Waals surface area contributed by atoms with Crippen molar-refractivity contribution in [2.24, 2.45) is 5.73 Å². The van der Waals surface area contributed by atoms with Crippen LogP contribution in [0.25, 0.3) is 11.5 Å². The molecular formula is C14H16ClN3O. The van der Waals surface area contributed by atoms with E-state index >= 15 is 0 Å². The largest absolute Gasteiger partial charge is 0.334 e. The molecule has 1 aromatic heterocycles. The molecule has 1 heterocycles. The highest BCUT2D eigenvalue weighted by atomic mass is 35.5. The molecule has 1 fully saturated rings. The van der Waals surface area contributed by atoms with Crippen LogP contribution in [0, 0.1) is 0 Å². The lowest BCUT2D eigenvalue weighted by atomic mass is 10.1. The van der Waals surface area contributed by atoms with Gasteiger partial charge in [0.05, 0.1) is 0 Å². The van der Waals surface area contributed by atoms with Crippen molar-refractivity contribution in [3.05, 3.63) is 35.2 Å². The van der Waals surface area contributed by atoms with Crippen LogP contribution in [0.15, 0.2) is 22.7 Å². The molecule has 2 N–H and O–H groups in total. The Labute approximate surface area is 117 Å². The molecule has 19 heavy (non-hydrogen) atoms. The van der Waals surface area contributed by atoms with Gasteiger partial charge in [0, 0.05) is 17.5 Å². The minimum atomic E-state index is 0. The van der Waals surface area contributed by atoms with E-state index in [9.17, 15) is 0 Å². The summed E-state index contributed by atoms with van der Waals surface area (Å²) in [5.41, 5.74) is 9.64. The summed E-state index contributed by atoms with van der Waals surface area (Å²) < 4.78 is 5.35. The van der Waals surface area contributed by atoms with Crippen LogP contribution in [-0.2, 0) is 6.42 Å². The minimum Gasteiger partial charge on any atom is -0.334 e. The Bertz CT molecular complexity index is 606. The highest BCUT2D eigenvalue weighted by Crippen LogP contribution is 2.39. The standard InChI is InChI=1S/C14H15N3O.ClH/c15-12-6-4-9-7-10(3-5-11(9)12)14-16-13(17-18-14)8-1-2-8;/h3,5,7-8,12H,1-2,4,6,15H2;1H/t12-;/m1./s1. The van der Waals surface area contributed by atoms with Gasteiger partial charge in [-0.3, -0.25) is 0 Å². The van der Waals surface area contributed by atoms with E-state index in [2.05, 4.69) is 22.3 Å². The SMILES string of the molecule is Cl.N[C@@H]1CCc2cc(-c3nc(C4CC4)no3)ccc21. The normalized spacial score (nSPS) is 21.0. The van der Waals surface area contributed by atoms with Gasteiger partial charge in [0.1, 0.15) is 0 Å². The van der Waals surface area contributed by atoms with Crippen LogP contribution < -0.4 is 5.73 Å². The van der Waals surface area contributed by atoms with Crippen LogP contribution in [0.4, 0.5) is 0 Å². The van der Waals surface area contributed by atoms with E-state index in [0.29, 0.717) is 11.8 Å². The maximum atomic E-state index is 6.04. The summed E-state index contributed by atoms with van der Waals surface area (Å²) in [5.74, 6) is 2.03. The molecule has 0 radical (unpaired) electrons. The lowest BCUT2D eigenvalue weighted by Gasteiger charge is -2.04. The predicted molar refractivity (Wildman–Crippen MR) is 74.2 cm³/mol. The molecule has 1 aromatic carbocycles. The molecule has 1 atom stereocenters. The van der Waals surface area contributed by atoms with Gasteiger partial charge in [-0.2, -0.15) is 4.98 Å². The molecule has 5 heteroatoms. The van der Waals surface area contributed by atoms with Gasteiger partial charge in [0.25, 0.3) is 5.89 Å². The fourth-order valence-electron chi connectivity index (χ4n) is 2.64. The molecule has 4 rings (SSSR count). The van der Waals surface area contributed by atoms with Crippen LogP contribution in [0.5, 0.6) is 0 Å². The average Bonchev–Trinajstić information content (AvgIpc) is 3.01. The lowest BCUT2D eigenvalue weighted by Crippen LogP contribution is -2.04. The number of nitrogens with two attached hydrogens (primary N) is 1. The fraction of sp³-hybridized carbons (Fsp3) is 0.429. The van der Waals surface area contributed by atoms with Gasteiger partial charge in [0.15, 0.2) is 5.82 Å². The second-order valence-corrected chi connectivity index (χ2v) is 5.29. The van der Waals surface area contributed by atoms with Crippen LogP contribution in [0.3, 0.4) is 0 Å². The summed E-state index contributed by atoms with van der Waals surface area (Å²) in [7, 11) is 0. The number of aromatic nitrogens is 2. The molecule has 0 aliphatic heterocycles. The fourth-order valence-corrected chi connectivity index (χ4v) is 2.64. The molecule has 100 valence electrons. The Morgan fingerprint density at radius 3 is 2.84 bits per heavy atom. The number of hydrogen-bond donors (Lipinski definition) is 1. The van der Waals surface area contributed by atoms with Gasteiger partial charge in [-0.25, -0.2) is 0 Å². The van der Waals surface area contributed by atoms with E-state index in [1.165, 1.54) is 24.0 Å². The van der Waals surface area contributed by atoms with Crippen molar-refractivity contribution in [3.8, 4) is 11.5 Å². The Kier molecular flexibility index (Phi) is 3.07. The van der Waals surface area contributed by atoms with Gasteiger partial charge in [-0.1, -0.05) is 11.2 Å². The highest BCUT2D eigenvalue weighted by Gasteiger charge is 2.29. The third-order valence-electron chi connectivity index (χ3n) is 3.90. The zero-order valence-electron chi connectivity index (χ0n) is 10.5. The van der Waals surface area contributed by atoms with E-state index in [4.69, 9.17) is 10.3 Å². The quantitative estimate of drug-likeness (QED) is 0.916. The molecule has 1 saturated carbocycles. The van der Waals surface area contributed by atoms with Gasteiger partial charge in [-0.15, -0.1) is 12.4 Å². The maximum Gasteiger partial charge on any atom is 0.257 e. The minimum absolute atomic E-state index is 0. The number of rotatable bonds is 2. The smallest absolute Gasteiger partial charge is 0.257 e. The first kappa shape index (κ1) is 12.6. The van der Waals surface area contributed by atoms with E-state index in [1.54, 1.807) is 0 Å². The molecule has 0 saturated heterocycles. The second-order valence-electron chi connectivity index (χ2n) is 5.29. The van der Waals surface area contributed by atoms with Gasteiger partial charge in [-0.05, 0) is 48.9 Å². The number of nitrogens with zero attached hydrogens (tertiary/aromatic N) is 2. The van der Waals surface area contributed by atoms with Crippen molar-refractivity contribution in [3.63, 3.8) is 0 Å². The van der Waals surface area contributed by atoms with Crippen LogP contribution in [-0.4, -0.2) is 10.1 Å².